The van der Waals surface area contributed by atoms with E-state index in [0.717, 1.165) is 0 Å². The minimum atomic E-state index is -2.38. The molecule has 0 bridgehead atoms. The Kier molecular flexibility index (Phi) is 3.50. The van der Waals surface area contributed by atoms with Gasteiger partial charge in [-0.3, -0.25) is 4.79 Å². The average Bonchev–Trinajstić information content (AvgIpc) is 2.36. The molecule has 2 rings (SSSR count). The Bertz CT molecular complexity index is 450. The molecule has 1 aliphatic rings. The fourth-order valence-electron chi connectivity index (χ4n) is 2.43. The molecule has 1 aromatic rings. The third-order valence-electron chi connectivity index (χ3n) is 3.51. The summed E-state index contributed by atoms with van der Waals surface area (Å²) >= 11 is 0. The molecule has 0 saturated heterocycles. The quantitative estimate of drug-likeness (QED) is 0.898. The number of alkyl halides is 2. The van der Waals surface area contributed by atoms with Crippen LogP contribution in [0.3, 0.4) is 0 Å². The molecule has 1 amide bonds. The van der Waals surface area contributed by atoms with Crippen molar-refractivity contribution in [3.8, 4) is 0 Å². The van der Waals surface area contributed by atoms with Crippen molar-refractivity contribution in [1.82, 2.24) is 0 Å². The van der Waals surface area contributed by atoms with E-state index in [2.05, 4.69) is 0 Å². The minimum absolute atomic E-state index is 0.340. The summed E-state index contributed by atoms with van der Waals surface area (Å²) in [6.45, 7) is 2.12. The van der Waals surface area contributed by atoms with Gasteiger partial charge in [0.15, 0.2) is 0 Å². The van der Waals surface area contributed by atoms with Gasteiger partial charge in [0.05, 0.1) is 0 Å². The maximum atomic E-state index is 13.0. The molecule has 0 radical (unpaired) electrons. The summed E-state index contributed by atoms with van der Waals surface area (Å²) < 4.78 is 26.0. The molecule has 1 aromatic carbocycles. The van der Waals surface area contributed by atoms with E-state index in [1.54, 1.807) is 36.1 Å². The number of anilines is 1. The van der Waals surface area contributed by atoms with Crippen molar-refractivity contribution in [2.75, 3.05) is 11.4 Å². The number of carbonyl (C=O) groups excluding carboxylic acids is 1. The van der Waals surface area contributed by atoms with Crippen LogP contribution in [0, 0.1) is 0 Å². The number of benzene rings is 1. The number of carbonyl (C=O) groups is 1. The van der Waals surface area contributed by atoms with Gasteiger partial charge in [-0.15, -0.1) is 0 Å². The summed E-state index contributed by atoms with van der Waals surface area (Å²) in [4.78, 5) is 13.1. The van der Waals surface area contributed by atoms with Crippen LogP contribution in [0.1, 0.15) is 24.8 Å². The van der Waals surface area contributed by atoms with Gasteiger partial charge in [-0.2, -0.15) is 0 Å². The van der Waals surface area contributed by atoms with E-state index in [1.165, 1.54) is 0 Å². The molecule has 0 aromatic heterocycles. The Hall–Kier alpha value is -1.65. The molecule has 2 atom stereocenters. The molecule has 0 aliphatic carbocycles. The van der Waals surface area contributed by atoms with Gasteiger partial charge in [0.25, 0.3) is 0 Å². The lowest BCUT2D eigenvalue weighted by Crippen LogP contribution is -2.46. The molecule has 18 heavy (non-hydrogen) atoms. The molecule has 2 N–H and O–H groups in total. The van der Waals surface area contributed by atoms with Gasteiger partial charge < -0.3 is 10.6 Å². The first-order chi connectivity index (χ1) is 8.52. The summed E-state index contributed by atoms with van der Waals surface area (Å²) in [5.74, 6) is -1.20. The van der Waals surface area contributed by atoms with Gasteiger partial charge >= 0.3 is 0 Å². The molecule has 0 saturated carbocycles. The smallest absolute Gasteiger partial charge is 0.245 e. The highest BCUT2D eigenvalue weighted by Gasteiger charge is 2.33. The van der Waals surface area contributed by atoms with Crippen LogP contribution >= 0.6 is 0 Å². The Labute approximate surface area is 105 Å². The second kappa shape index (κ2) is 4.92. The van der Waals surface area contributed by atoms with Crippen LogP contribution in [0.4, 0.5) is 14.5 Å². The molecular weight excluding hydrogens is 238 g/mol. The second-order valence-electron chi connectivity index (χ2n) is 4.56. The van der Waals surface area contributed by atoms with Crippen LogP contribution in [0.25, 0.3) is 0 Å². The molecule has 1 heterocycles. The van der Waals surface area contributed by atoms with Crippen molar-refractivity contribution in [2.45, 2.75) is 31.7 Å². The summed E-state index contributed by atoms with van der Waals surface area (Å²) in [5, 5.41) is 0. The van der Waals surface area contributed by atoms with Crippen LogP contribution in [0.2, 0.25) is 0 Å². The highest BCUT2D eigenvalue weighted by Crippen LogP contribution is 2.39. The predicted octanol–water partition coefficient (Wildman–Crippen LogP) is 2.12. The van der Waals surface area contributed by atoms with Crippen molar-refractivity contribution < 1.29 is 13.6 Å². The number of para-hydroxylation sites is 1. The van der Waals surface area contributed by atoms with Crippen LogP contribution < -0.4 is 10.6 Å². The number of hydrogen-bond acceptors (Lipinski definition) is 2. The molecule has 0 fully saturated rings. The van der Waals surface area contributed by atoms with Crippen molar-refractivity contribution in [3.63, 3.8) is 0 Å². The van der Waals surface area contributed by atoms with Crippen molar-refractivity contribution in [3.05, 3.63) is 29.8 Å². The van der Waals surface area contributed by atoms with E-state index in [1.807, 2.05) is 0 Å². The second-order valence-corrected chi connectivity index (χ2v) is 4.56. The topological polar surface area (TPSA) is 46.3 Å². The number of nitrogens with two attached hydrogens (primary N) is 1. The van der Waals surface area contributed by atoms with Gasteiger partial charge in [0, 0.05) is 18.2 Å². The Balaban J connectivity index is 2.39. The minimum Gasteiger partial charge on any atom is -0.368 e. The first-order valence-electron chi connectivity index (χ1n) is 5.95. The zero-order valence-electron chi connectivity index (χ0n) is 10.1. The largest absolute Gasteiger partial charge is 0.368 e. The molecule has 98 valence electrons. The van der Waals surface area contributed by atoms with E-state index >= 15 is 0 Å². The number of primary amides is 1. The van der Waals surface area contributed by atoms with Crippen LogP contribution in [-0.2, 0) is 4.79 Å². The van der Waals surface area contributed by atoms with Crippen LogP contribution in [-0.4, -0.2) is 24.9 Å². The number of nitrogens with zero attached hydrogens (tertiary/aromatic N) is 1. The Morgan fingerprint density at radius 1 is 1.44 bits per heavy atom. The molecule has 1 aliphatic heterocycles. The highest BCUT2D eigenvalue weighted by molar-refractivity contribution is 5.83. The monoisotopic (exact) mass is 254 g/mol. The van der Waals surface area contributed by atoms with E-state index in [0.29, 0.717) is 24.2 Å². The molecule has 5 heteroatoms. The predicted molar refractivity (Wildman–Crippen MR) is 65.8 cm³/mol. The molecule has 0 spiro atoms. The highest BCUT2D eigenvalue weighted by atomic mass is 19.3. The van der Waals surface area contributed by atoms with Crippen molar-refractivity contribution in [2.24, 2.45) is 5.73 Å². The normalized spacial score (nSPS) is 20.7. The lowest BCUT2D eigenvalue weighted by atomic mass is 9.89. The third kappa shape index (κ3) is 2.17. The van der Waals surface area contributed by atoms with Gasteiger partial charge in [0.2, 0.25) is 12.3 Å². The fourth-order valence-corrected chi connectivity index (χ4v) is 2.43. The van der Waals surface area contributed by atoms with E-state index in [-0.39, 0.29) is 0 Å². The molecule has 0 unspecified atom stereocenters. The van der Waals surface area contributed by atoms with Crippen LogP contribution in [0.5, 0.6) is 0 Å². The molecular formula is C13H16F2N2O. The Morgan fingerprint density at radius 2 is 2.11 bits per heavy atom. The maximum absolute atomic E-state index is 13.0. The number of rotatable bonds is 3. The number of hydrogen-bond donors (Lipinski definition) is 1. The zero-order valence-corrected chi connectivity index (χ0v) is 10.1. The average molecular weight is 254 g/mol. The zero-order chi connectivity index (χ0) is 13.3. The molecule has 3 nitrogen and oxygen atoms in total. The van der Waals surface area contributed by atoms with Crippen molar-refractivity contribution >= 4 is 11.6 Å². The summed E-state index contributed by atoms with van der Waals surface area (Å²) in [6, 6.07) is 6.51. The standard InChI is InChI=1S/C13H16F2N2O/c1-8(13(16)18)17-7-6-10(12(14)15)9-4-2-3-5-11(9)17/h2-5,8,10,12H,6-7H2,1H3,(H2,16,18)/t8-,10-/m0/s1. The van der Waals surface area contributed by atoms with Gasteiger partial charge in [-0.1, -0.05) is 18.2 Å². The summed E-state index contributed by atoms with van der Waals surface area (Å²) in [7, 11) is 0. The van der Waals surface area contributed by atoms with E-state index in [4.69, 9.17) is 5.73 Å². The first-order valence-corrected chi connectivity index (χ1v) is 5.95. The Morgan fingerprint density at radius 3 is 2.72 bits per heavy atom. The SMILES string of the molecule is C[C@@H](C(N)=O)N1CC[C@H](C(F)F)c2ccccc21. The van der Waals surface area contributed by atoms with Gasteiger partial charge in [-0.05, 0) is 25.0 Å². The lowest BCUT2D eigenvalue weighted by Gasteiger charge is -2.38. The number of fused-ring (bicyclic) bond motifs is 1. The fraction of sp³-hybridized carbons (Fsp3) is 0.462. The van der Waals surface area contributed by atoms with Gasteiger partial charge in [-0.25, -0.2) is 8.78 Å². The maximum Gasteiger partial charge on any atom is 0.245 e. The number of amides is 1. The summed E-state index contributed by atoms with van der Waals surface area (Å²) in [6.07, 6.45) is -2.04. The van der Waals surface area contributed by atoms with E-state index in [9.17, 15) is 13.6 Å². The van der Waals surface area contributed by atoms with Crippen molar-refractivity contribution in [1.29, 1.82) is 0 Å². The van der Waals surface area contributed by atoms with E-state index < -0.39 is 24.3 Å². The van der Waals surface area contributed by atoms with Gasteiger partial charge in [0.1, 0.15) is 6.04 Å². The third-order valence-corrected chi connectivity index (χ3v) is 3.51. The summed E-state index contributed by atoms with van der Waals surface area (Å²) in [5.41, 5.74) is 6.59. The number of halogens is 2. The first kappa shape index (κ1) is 12.8. The lowest BCUT2D eigenvalue weighted by molar-refractivity contribution is -0.119. The van der Waals surface area contributed by atoms with Crippen LogP contribution in [0.15, 0.2) is 24.3 Å².